The number of carbonyl (C=O) groups excluding carboxylic acids is 3. The molecule has 0 N–H and O–H groups in total. The van der Waals surface area contributed by atoms with Crippen molar-refractivity contribution in [3.8, 4) is 0 Å². The number of ether oxygens (including phenoxy) is 2. The maximum absolute atomic E-state index is 12.8. The molecule has 132 valence electrons. The average Bonchev–Trinajstić information content (AvgIpc) is 3.14. The molecule has 3 saturated carbocycles. The largest absolute Gasteiger partial charge is 0.469 e. The molecule has 3 aliphatic carbocycles. The number of rotatable bonds is 5. The molecule has 0 spiro atoms. The molecule has 1 aromatic rings. The van der Waals surface area contributed by atoms with Crippen LogP contribution in [-0.2, 0) is 30.3 Å². The number of methoxy groups -OCH3 is 2. The minimum Gasteiger partial charge on any atom is -0.469 e. The smallest absolute Gasteiger partial charge is 0.309 e. The van der Waals surface area contributed by atoms with E-state index in [2.05, 4.69) is 0 Å². The average molecular weight is 342 g/mol. The Morgan fingerprint density at radius 3 is 1.88 bits per heavy atom. The molecule has 0 heterocycles. The molecule has 7 atom stereocenters. The van der Waals surface area contributed by atoms with Crippen molar-refractivity contribution in [1.29, 1.82) is 0 Å². The Kier molecular flexibility index (Phi) is 3.89. The fraction of sp³-hybridized carbons (Fsp3) is 0.550. The van der Waals surface area contributed by atoms with Crippen LogP contribution < -0.4 is 0 Å². The van der Waals surface area contributed by atoms with Gasteiger partial charge in [0.25, 0.3) is 0 Å². The first-order valence-corrected chi connectivity index (χ1v) is 8.80. The predicted molar refractivity (Wildman–Crippen MR) is 88.2 cm³/mol. The van der Waals surface area contributed by atoms with Crippen LogP contribution in [0.1, 0.15) is 12.0 Å². The van der Waals surface area contributed by atoms with Gasteiger partial charge in [0, 0.05) is 12.3 Å². The lowest BCUT2D eigenvalue weighted by molar-refractivity contribution is -0.160. The molecule has 0 saturated heterocycles. The Balaban J connectivity index is 1.53. The van der Waals surface area contributed by atoms with E-state index in [1.165, 1.54) is 14.2 Å². The Hall–Kier alpha value is -2.17. The van der Waals surface area contributed by atoms with Crippen LogP contribution >= 0.6 is 0 Å². The lowest BCUT2D eigenvalue weighted by Gasteiger charge is -2.26. The summed E-state index contributed by atoms with van der Waals surface area (Å²) in [5.41, 5.74) is 1.01. The van der Waals surface area contributed by atoms with Crippen molar-refractivity contribution in [2.24, 2.45) is 41.4 Å². The predicted octanol–water partition coefficient (Wildman–Crippen LogP) is 1.89. The van der Waals surface area contributed by atoms with Crippen molar-refractivity contribution in [3.63, 3.8) is 0 Å². The van der Waals surface area contributed by atoms with E-state index >= 15 is 0 Å². The first kappa shape index (κ1) is 16.3. The molecule has 0 radical (unpaired) electrons. The second-order valence-electron chi connectivity index (χ2n) is 7.47. The van der Waals surface area contributed by atoms with E-state index in [0.717, 1.165) is 12.0 Å². The second-order valence-corrected chi connectivity index (χ2v) is 7.47. The van der Waals surface area contributed by atoms with Crippen molar-refractivity contribution >= 4 is 17.7 Å². The van der Waals surface area contributed by atoms with Crippen LogP contribution in [0.15, 0.2) is 30.3 Å². The Labute approximate surface area is 146 Å². The number of ketones is 1. The third kappa shape index (κ3) is 2.40. The molecule has 1 aromatic carbocycles. The fourth-order valence-electron chi connectivity index (χ4n) is 5.65. The summed E-state index contributed by atoms with van der Waals surface area (Å²) in [7, 11) is 2.70. The molecule has 0 aliphatic heterocycles. The highest BCUT2D eigenvalue weighted by atomic mass is 16.5. The Bertz CT molecular complexity index is 678. The molecule has 0 amide bonds. The summed E-state index contributed by atoms with van der Waals surface area (Å²) in [5.74, 6) is -0.817. The van der Waals surface area contributed by atoms with Crippen molar-refractivity contribution < 1.29 is 23.9 Å². The van der Waals surface area contributed by atoms with Crippen molar-refractivity contribution in [2.75, 3.05) is 14.2 Å². The highest BCUT2D eigenvalue weighted by molar-refractivity contribution is 5.89. The summed E-state index contributed by atoms with van der Waals surface area (Å²) in [6.45, 7) is 0. The third-order valence-electron chi connectivity index (χ3n) is 6.52. The van der Waals surface area contributed by atoms with E-state index < -0.39 is 11.8 Å². The summed E-state index contributed by atoms with van der Waals surface area (Å²) in [6.07, 6.45) is 1.24. The van der Waals surface area contributed by atoms with E-state index in [1.807, 2.05) is 30.3 Å². The molecule has 4 rings (SSSR count). The van der Waals surface area contributed by atoms with Crippen LogP contribution in [-0.4, -0.2) is 31.9 Å². The van der Waals surface area contributed by atoms with Crippen LogP contribution in [0.5, 0.6) is 0 Å². The van der Waals surface area contributed by atoms with E-state index in [0.29, 0.717) is 6.42 Å². The minimum atomic E-state index is -0.460. The minimum absolute atomic E-state index is 0.0224. The zero-order valence-corrected chi connectivity index (χ0v) is 14.4. The lowest BCUT2D eigenvalue weighted by Crippen LogP contribution is -2.37. The van der Waals surface area contributed by atoms with Gasteiger partial charge in [-0.15, -0.1) is 0 Å². The number of hydrogen-bond acceptors (Lipinski definition) is 5. The summed E-state index contributed by atoms with van der Waals surface area (Å²) < 4.78 is 9.88. The molecule has 5 unspecified atom stereocenters. The SMILES string of the molecule is COC(=O)[C@@H]1C2CC(C3C(C(=O)Cc4ccccc4)C32)[C@@H]1C(=O)OC. The van der Waals surface area contributed by atoms with E-state index in [9.17, 15) is 14.4 Å². The maximum Gasteiger partial charge on any atom is 0.309 e. The van der Waals surface area contributed by atoms with Crippen molar-refractivity contribution in [2.45, 2.75) is 12.8 Å². The van der Waals surface area contributed by atoms with Gasteiger partial charge in [0.15, 0.2) is 0 Å². The van der Waals surface area contributed by atoms with Gasteiger partial charge in [0.1, 0.15) is 5.78 Å². The second kappa shape index (κ2) is 5.97. The number of benzene rings is 1. The van der Waals surface area contributed by atoms with Crippen LogP contribution in [0.4, 0.5) is 0 Å². The molecule has 5 heteroatoms. The van der Waals surface area contributed by atoms with Gasteiger partial charge in [-0.05, 0) is 35.7 Å². The summed E-state index contributed by atoms with van der Waals surface area (Å²) >= 11 is 0. The zero-order chi connectivity index (χ0) is 17.7. The lowest BCUT2D eigenvalue weighted by atomic mass is 9.79. The number of Topliss-reactive ketones (excluding diaryl/α,β-unsaturated/α-hetero) is 1. The van der Waals surface area contributed by atoms with Gasteiger partial charge in [0.05, 0.1) is 26.1 Å². The molecular weight excluding hydrogens is 320 g/mol. The van der Waals surface area contributed by atoms with Gasteiger partial charge in [-0.25, -0.2) is 0 Å². The van der Waals surface area contributed by atoms with Crippen LogP contribution in [0, 0.1) is 41.4 Å². The van der Waals surface area contributed by atoms with E-state index in [-0.39, 0.29) is 47.3 Å². The number of esters is 2. The van der Waals surface area contributed by atoms with Gasteiger partial charge in [0.2, 0.25) is 0 Å². The standard InChI is InChI=1S/C20H22O5/c1-24-19(22)16-11-9-12(17(16)20(23)25-2)15-14(11)18(15)13(21)8-10-6-4-3-5-7-10/h3-7,11-12,14-18H,8-9H2,1-2H3/t11?,12?,14?,15?,16-,17+,18?. The molecule has 5 nitrogen and oxygen atoms in total. The molecule has 25 heavy (non-hydrogen) atoms. The van der Waals surface area contributed by atoms with E-state index in [1.54, 1.807) is 0 Å². The third-order valence-corrected chi connectivity index (χ3v) is 6.52. The number of hydrogen-bond donors (Lipinski definition) is 0. The number of fused-ring (bicyclic) bond motifs is 5. The van der Waals surface area contributed by atoms with Gasteiger partial charge >= 0.3 is 11.9 Å². The van der Waals surface area contributed by atoms with Gasteiger partial charge < -0.3 is 9.47 Å². The number of carbonyl (C=O) groups is 3. The first-order chi connectivity index (χ1) is 12.1. The van der Waals surface area contributed by atoms with Crippen molar-refractivity contribution in [3.05, 3.63) is 35.9 Å². The maximum atomic E-state index is 12.8. The quantitative estimate of drug-likeness (QED) is 0.764. The molecule has 0 aromatic heterocycles. The zero-order valence-electron chi connectivity index (χ0n) is 14.4. The summed E-state index contributed by atoms with van der Waals surface area (Å²) in [6, 6.07) is 9.71. The normalized spacial score (nSPS) is 37.3. The molecule has 3 aliphatic rings. The fourth-order valence-corrected chi connectivity index (χ4v) is 5.65. The van der Waals surface area contributed by atoms with Crippen LogP contribution in [0.25, 0.3) is 0 Å². The van der Waals surface area contributed by atoms with Crippen LogP contribution in [0.3, 0.4) is 0 Å². The van der Waals surface area contributed by atoms with Gasteiger partial charge in [-0.3, -0.25) is 14.4 Å². The van der Waals surface area contributed by atoms with Crippen molar-refractivity contribution in [1.82, 2.24) is 0 Å². The highest BCUT2D eigenvalue weighted by Crippen LogP contribution is 2.73. The monoisotopic (exact) mass is 342 g/mol. The molecule has 2 bridgehead atoms. The van der Waals surface area contributed by atoms with E-state index in [4.69, 9.17) is 9.47 Å². The Morgan fingerprint density at radius 1 is 0.880 bits per heavy atom. The molecule has 3 fully saturated rings. The van der Waals surface area contributed by atoms with Gasteiger partial charge in [-0.1, -0.05) is 30.3 Å². The Morgan fingerprint density at radius 2 is 1.40 bits per heavy atom. The first-order valence-electron chi connectivity index (χ1n) is 8.80. The van der Waals surface area contributed by atoms with Crippen LogP contribution in [0.2, 0.25) is 0 Å². The summed E-state index contributed by atoms with van der Waals surface area (Å²) in [4.78, 5) is 37.3. The highest BCUT2D eigenvalue weighted by Gasteiger charge is 2.75. The molecular formula is C20H22O5. The summed E-state index contributed by atoms with van der Waals surface area (Å²) in [5, 5.41) is 0. The van der Waals surface area contributed by atoms with Gasteiger partial charge in [-0.2, -0.15) is 0 Å². The topological polar surface area (TPSA) is 69.7 Å².